The molecule has 2 aromatic carbocycles. The van der Waals surface area contributed by atoms with E-state index in [-0.39, 0.29) is 12.1 Å². The van der Waals surface area contributed by atoms with Crippen molar-refractivity contribution in [3.63, 3.8) is 0 Å². The van der Waals surface area contributed by atoms with Crippen LogP contribution in [0.25, 0.3) is 0 Å². The highest BCUT2D eigenvalue weighted by Crippen LogP contribution is 2.22. The number of aromatic nitrogens is 2. The van der Waals surface area contributed by atoms with Crippen molar-refractivity contribution in [2.24, 2.45) is 0 Å². The molecule has 3 aromatic rings. The van der Waals surface area contributed by atoms with Gasteiger partial charge in [-0.3, -0.25) is 14.2 Å². The number of nitrogens with zero attached hydrogens (tertiary/aromatic N) is 1. The van der Waals surface area contributed by atoms with E-state index in [9.17, 15) is 14.4 Å². The Balaban J connectivity index is 1.93. The SMILES string of the molecule is O=C(Nc1cc(Cl)cc(Cl)c1)c1c[nH]c(=O)n(Cc2ccccc2)c1=O. The van der Waals surface area contributed by atoms with E-state index in [1.165, 1.54) is 18.2 Å². The Labute approximate surface area is 158 Å². The van der Waals surface area contributed by atoms with Crippen molar-refractivity contribution in [1.29, 1.82) is 0 Å². The summed E-state index contributed by atoms with van der Waals surface area (Å²) in [4.78, 5) is 39.5. The average molecular weight is 390 g/mol. The van der Waals surface area contributed by atoms with Gasteiger partial charge in [0, 0.05) is 21.9 Å². The monoisotopic (exact) mass is 389 g/mol. The highest BCUT2D eigenvalue weighted by Gasteiger charge is 2.15. The molecule has 0 saturated carbocycles. The number of nitrogens with one attached hydrogen (secondary N) is 2. The number of anilines is 1. The van der Waals surface area contributed by atoms with Gasteiger partial charge in [-0.2, -0.15) is 0 Å². The summed E-state index contributed by atoms with van der Waals surface area (Å²) < 4.78 is 0.967. The lowest BCUT2D eigenvalue weighted by atomic mass is 10.2. The normalized spacial score (nSPS) is 10.5. The summed E-state index contributed by atoms with van der Waals surface area (Å²) in [7, 11) is 0. The summed E-state index contributed by atoms with van der Waals surface area (Å²) in [6.07, 6.45) is 1.09. The van der Waals surface area contributed by atoms with E-state index in [0.717, 1.165) is 16.3 Å². The van der Waals surface area contributed by atoms with Crippen LogP contribution in [-0.4, -0.2) is 15.5 Å². The summed E-state index contributed by atoms with van der Waals surface area (Å²) >= 11 is 11.8. The van der Waals surface area contributed by atoms with E-state index in [1.807, 2.05) is 6.07 Å². The van der Waals surface area contributed by atoms with Crippen LogP contribution < -0.4 is 16.6 Å². The van der Waals surface area contributed by atoms with Gasteiger partial charge in [-0.1, -0.05) is 53.5 Å². The number of rotatable bonds is 4. The zero-order valence-corrected chi connectivity index (χ0v) is 14.8. The lowest BCUT2D eigenvalue weighted by Gasteiger charge is -2.09. The van der Waals surface area contributed by atoms with Gasteiger partial charge in [-0.15, -0.1) is 0 Å². The Morgan fingerprint density at radius 1 is 1.04 bits per heavy atom. The first kappa shape index (κ1) is 18.0. The summed E-state index contributed by atoms with van der Waals surface area (Å²) in [5.74, 6) is -0.675. The zero-order valence-electron chi connectivity index (χ0n) is 13.3. The molecular formula is C18H13Cl2N3O3. The number of amides is 1. The van der Waals surface area contributed by atoms with E-state index >= 15 is 0 Å². The van der Waals surface area contributed by atoms with Gasteiger partial charge < -0.3 is 10.3 Å². The molecule has 8 heteroatoms. The second kappa shape index (κ2) is 7.59. The van der Waals surface area contributed by atoms with Crippen molar-refractivity contribution >= 4 is 34.8 Å². The van der Waals surface area contributed by atoms with E-state index < -0.39 is 17.2 Å². The quantitative estimate of drug-likeness (QED) is 0.718. The molecule has 2 N–H and O–H groups in total. The molecule has 0 aliphatic heterocycles. The van der Waals surface area contributed by atoms with Gasteiger partial charge in [0.05, 0.1) is 6.54 Å². The predicted molar refractivity (Wildman–Crippen MR) is 101 cm³/mol. The first-order valence-electron chi connectivity index (χ1n) is 7.58. The molecule has 26 heavy (non-hydrogen) atoms. The molecule has 132 valence electrons. The Morgan fingerprint density at radius 3 is 2.35 bits per heavy atom. The molecule has 0 spiro atoms. The van der Waals surface area contributed by atoms with Gasteiger partial charge in [-0.25, -0.2) is 4.79 Å². The third kappa shape index (κ3) is 4.04. The summed E-state index contributed by atoms with van der Waals surface area (Å²) in [6, 6.07) is 13.5. The molecular weight excluding hydrogens is 377 g/mol. The minimum absolute atomic E-state index is 0.0547. The Morgan fingerprint density at radius 2 is 1.69 bits per heavy atom. The molecule has 3 rings (SSSR count). The second-order valence-corrected chi connectivity index (χ2v) is 6.37. The number of carbonyl (C=O) groups excluding carboxylic acids is 1. The molecule has 0 saturated heterocycles. The fourth-order valence-corrected chi connectivity index (χ4v) is 2.93. The maximum atomic E-state index is 12.6. The molecule has 6 nitrogen and oxygen atoms in total. The Hall–Kier alpha value is -2.83. The van der Waals surface area contributed by atoms with Crippen molar-refractivity contribution in [3.05, 3.63) is 96.7 Å². The highest BCUT2D eigenvalue weighted by atomic mass is 35.5. The molecule has 0 unspecified atom stereocenters. The topological polar surface area (TPSA) is 84.0 Å². The van der Waals surface area contributed by atoms with Crippen LogP contribution in [0, 0.1) is 0 Å². The molecule has 0 bridgehead atoms. The van der Waals surface area contributed by atoms with Gasteiger partial charge in [-0.05, 0) is 23.8 Å². The molecule has 0 fully saturated rings. The third-order valence-corrected chi connectivity index (χ3v) is 4.05. The van der Waals surface area contributed by atoms with E-state index in [1.54, 1.807) is 24.3 Å². The van der Waals surface area contributed by atoms with Gasteiger partial charge in [0.2, 0.25) is 0 Å². The van der Waals surface area contributed by atoms with Crippen LogP contribution in [0.15, 0.2) is 64.3 Å². The van der Waals surface area contributed by atoms with Crippen LogP contribution in [0.3, 0.4) is 0 Å². The van der Waals surface area contributed by atoms with Gasteiger partial charge in [0.1, 0.15) is 5.56 Å². The number of benzene rings is 2. The van der Waals surface area contributed by atoms with E-state index in [4.69, 9.17) is 23.2 Å². The van der Waals surface area contributed by atoms with Crippen LogP contribution in [0.2, 0.25) is 10.0 Å². The number of hydrogen-bond donors (Lipinski definition) is 2. The lowest BCUT2D eigenvalue weighted by molar-refractivity contribution is 0.102. The maximum Gasteiger partial charge on any atom is 0.328 e. The summed E-state index contributed by atoms with van der Waals surface area (Å²) in [5, 5.41) is 3.23. The van der Waals surface area contributed by atoms with Crippen molar-refractivity contribution in [2.45, 2.75) is 6.54 Å². The molecule has 1 aromatic heterocycles. The molecule has 1 amide bonds. The number of carbonyl (C=O) groups is 1. The standard InChI is InChI=1S/C18H13Cl2N3O3/c19-12-6-13(20)8-14(7-12)22-16(24)15-9-21-18(26)23(17(15)25)10-11-4-2-1-3-5-11/h1-9H,10H2,(H,21,26)(H,22,24). The fourth-order valence-electron chi connectivity index (χ4n) is 2.41. The van der Waals surface area contributed by atoms with Crippen LogP contribution >= 0.6 is 23.2 Å². The van der Waals surface area contributed by atoms with E-state index in [2.05, 4.69) is 10.3 Å². The maximum absolute atomic E-state index is 12.6. The third-order valence-electron chi connectivity index (χ3n) is 3.61. The Kier molecular flexibility index (Phi) is 5.25. The summed E-state index contributed by atoms with van der Waals surface area (Å²) in [6.45, 7) is 0.0547. The second-order valence-electron chi connectivity index (χ2n) is 5.50. The Bertz CT molecular complexity index is 1050. The van der Waals surface area contributed by atoms with Crippen LogP contribution in [0.5, 0.6) is 0 Å². The molecule has 0 aliphatic carbocycles. The van der Waals surface area contributed by atoms with Gasteiger partial charge >= 0.3 is 5.69 Å². The predicted octanol–water partition coefficient (Wildman–Crippen LogP) is 3.14. The van der Waals surface area contributed by atoms with Gasteiger partial charge in [0.15, 0.2) is 0 Å². The molecule has 0 radical (unpaired) electrons. The summed E-state index contributed by atoms with van der Waals surface area (Å²) in [5.41, 5.74) is -0.381. The largest absolute Gasteiger partial charge is 0.328 e. The fraction of sp³-hybridized carbons (Fsp3) is 0.0556. The average Bonchev–Trinajstić information content (AvgIpc) is 2.58. The lowest BCUT2D eigenvalue weighted by Crippen LogP contribution is -2.39. The van der Waals surface area contributed by atoms with Crippen molar-refractivity contribution in [1.82, 2.24) is 9.55 Å². The smallest absolute Gasteiger partial charge is 0.322 e. The van der Waals surface area contributed by atoms with Crippen LogP contribution in [0.4, 0.5) is 5.69 Å². The van der Waals surface area contributed by atoms with Gasteiger partial charge in [0.25, 0.3) is 11.5 Å². The number of halogens is 2. The minimum Gasteiger partial charge on any atom is -0.322 e. The molecule has 1 heterocycles. The van der Waals surface area contributed by atoms with Crippen molar-refractivity contribution in [2.75, 3.05) is 5.32 Å². The van der Waals surface area contributed by atoms with Crippen molar-refractivity contribution < 1.29 is 4.79 Å². The number of hydrogen-bond acceptors (Lipinski definition) is 3. The highest BCUT2D eigenvalue weighted by molar-refractivity contribution is 6.35. The van der Waals surface area contributed by atoms with Crippen LogP contribution in [-0.2, 0) is 6.54 Å². The molecule has 0 atom stereocenters. The first-order valence-corrected chi connectivity index (χ1v) is 8.33. The van der Waals surface area contributed by atoms with E-state index in [0.29, 0.717) is 15.7 Å². The first-order chi connectivity index (χ1) is 12.4. The number of H-pyrrole nitrogens is 1. The molecule has 0 aliphatic rings. The van der Waals surface area contributed by atoms with Crippen molar-refractivity contribution in [3.8, 4) is 0 Å². The number of aromatic amines is 1. The minimum atomic E-state index is -0.691. The zero-order chi connectivity index (χ0) is 18.7. The van der Waals surface area contributed by atoms with Crippen LogP contribution in [0.1, 0.15) is 15.9 Å².